The molecule has 0 N–H and O–H groups in total. The van der Waals surface area contributed by atoms with Crippen molar-refractivity contribution in [1.82, 2.24) is 4.98 Å². The lowest BCUT2D eigenvalue weighted by Gasteiger charge is -2.14. The van der Waals surface area contributed by atoms with Crippen LogP contribution in [0.15, 0.2) is 10.8 Å². The van der Waals surface area contributed by atoms with E-state index in [-0.39, 0.29) is 6.29 Å². The summed E-state index contributed by atoms with van der Waals surface area (Å²) in [5, 5.41) is 0. The van der Waals surface area contributed by atoms with E-state index < -0.39 is 34.3 Å². The molecule has 0 radical (unpaired) electrons. The van der Waals surface area contributed by atoms with Crippen LogP contribution in [0.25, 0.3) is 0 Å². The topological polar surface area (TPSA) is 39.2 Å². The molecule has 0 saturated carbocycles. The van der Waals surface area contributed by atoms with Crippen LogP contribution in [-0.2, 0) is 0 Å². The van der Waals surface area contributed by atoms with Gasteiger partial charge < -0.3 is 4.74 Å². The number of pyridine rings is 1. The van der Waals surface area contributed by atoms with Gasteiger partial charge in [0, 0.05) is 6.20 Å². The van der Waals surface area contributed by atoms with Gasteiger partial charge in [0.05, 0.1) is 11.1 Å². The fourth-order valence-electron chi connectivity index (χ4n) is 1.00. The monoisotopic (exact) mass is 319 g/mol. The molecule has 0 unspecified atom stereocenters. The SMILES string of the molecule is O=Cc1c(C(F)F)cnc(Br)c1OC(F)(F)F. The summed E-state index contributed by atoms with van der Waals surface area (Å²) < 4.78 is 63.8. The first-order valence-corrected chi connectivity index (χ1v) is 4.73. The Bertz CT molecular complexity index is 435. The van der Waals surface area contributed by atoms with Gasteiger partial charge in [0.15, 0.2) is 12.0 Å². The number of hydrogen-bond donors (Lipinski definition) is 0. The number of rotatable bonds is 3. The van der Waals surface area contributed by atoms with Gasteiger partial charge in [-0.15, -0.1) is 13.2 Å². The van der Waals surface area contributed by atoms with Gasteiger partial charge in [-0.1, -0.05) is 0 Å². The van der Waals surface area contributed by atoms with Gasteiger partial charge in [-0.3, -0.25) is 4.79 Å². The van der Waals surface area contributed by atoms with E-state index in [1.165, 1.54) is 0 Å². The Morgan fingerprint density at radius 1 is 1.41 bits per heavy atom. The zero-order valence-corrected chi connectivity index (χ0v) is 9.35. The van der Waals surface area contributed by atoms with E-state index in [0.717, 1.165) is 0 Å². The highest BCUT2D eigenvalue weighted by molar-refractivity contribution is 9.10. The van der Waals surface area contributed by atoms with Gasteiger partial charge in [0.2, 0.25) is 0 Å². The van der Waals surface area contributed by atoms with E-state index in [1.54, 1.807) is 0 Å². The quantitative estimate of drug-likeness (QED) is 0.486. The Balaban J connectivity index is 3.36. The molecule has 0 spiro atoms. The molecule has 0 aliphatic carbocycles. The van der Waals surface area contributed by atoms with Crippen molar-refractivity contribution in [2.24, 2.45) is 0 Å². The number of ether oxygens (including phenoxy) is 1. The van der Waals surface area contributed by atoms with Crippen molar-refractivity contribution < 1.29 is 31.5 Å². The molecule has 1 heterocycles. The molecule has 0 saturated heterocycles. The molecule has 17 heavy (non-hydrogen) atoms. The van der Waals surface area contributed by atoms with E-state index in [9.17, 15) is 26.7 Å². The van der Waals surface area contributed by atoms with Crippen molar-refractivity contribution >= 4 is 22.2 Å². The van der Waals surface area contributed by atoms with E-state index >= 15 is 0 Å². The lowest BCUT2D eigenvalue weighted by molar-refractivity contribution is -0.275. The van der Waals surface area contributed by atoms with Crippen LogP contribution in [0.2, 0.25) is 0 Å². The van der Waals surface area contributed by atoms with Crippen LogP contribution in [0.4, 0.5) is 22.0 Å². The highest BCUT2D eigenvalue weighted by atomic mass is 79.9. The molecule has 3 nitrogen and oxygen atoms in total. The Kier molecular flexibility index (Phi) is 4.02. The number of carbonyl (C=O) groups is 1. The summed E-state index contributed by atoms with van der Waals surface area (Å²) in [6.45, 7) is 0. The zero-order chi connectivity index (χ0) is 13.2. The summed E-state index contributed by atoms with van der Waals surface area (Å²) in [4.78, 5) is 13.8. The molecule has 94 valence electrons. The van der Waals surface area contributed by atoms with Gasteiger partial charge >= 0.3 is 6.36 Å². The molecule has 1 rings (SSSR count). The number of aromatic nitrogens is 1. The fourth-order valence-corrected chi connectivity index (χ4v) is 1.40. The molecule has 1 aromatic heterocycles. The number of halogens is 6. The molecule has 0 amide bonds. The standard InChI is InChI=1S/C8H3BrF5NO2/c9-6-5(17-8(12,13)14)4(2-16)3(1-15-6)7(10)11/h1-2,7H. The zero-order valence-electron chi connectivity index (χ0n) is 7.76. The molecule has 0 bridgehead atoms. The van der Waals surface area contributed by atoms with Gasteiger partial charge in [-0.25, -0.2) is 13.8 Å². The molecule has 0 atom stereocenters. The third-order valence-corrected chi connectivity index (χ3v) is 2.20. The maximum Gasteiger partial charge on any atom is 0.573 e. The summed E-state index contributed by atoms with van der Waals surface area (Å²) in [6, 6.07) is 0. The summed E-state index contributed by atoms with van der Waals surface area (Å²) in [5.41, 5.74) is -1.82. The lowest BCUT2D eigenvalue weighted by Crippen LogP contribution is -2.19. The second-order valence-corrected chi connectivity index (χ2v) is 3.46. The van der Waals surface area contributed by atoms with Gasteiger partial charge in [-0.2, -0.15) is 0 Å². The lowest BCUT2D eigenvalue weighted by atomic mass is 10.1. The molecule has 0 fully saturated rings. The minimum Gasteiger partial charge on any atom is -0.402 e. The van der Waals surface area contributed by atoms with Crippen molar-refractivity contribution in [3.8, 4) is 5.75 Å². The average molecular weight is 320 g/mol. The highest BCUT2D eigenvalue weighted by Crippen LogP contribution is 2.36. The Morgan fingerprint density at radius 3 is 2.41 bits per heavy atom. The first kappa shape index (κ1) is 13.8. The first-order chi connectivity index (χ1) is 7.76. The van der Waals surface area contributed by atoms with Crippen molar-refractivity contribution in [3.05, 3.63) is 21.9 Å². The maximum atomic E-state index is 12.4. The number of carbonyl (C=O) groups excluding carboxylic acids is 1. The Hall–Kier alpha value is -1.25. The minimum atomic E-state index is -5.11. The maximum absolute atomic E-state index is 12.4. The third-order valence-electron chi connectivity index (χ3n) is 1.63. The molecular formula is C8H3BrF5NO2. The van der Waals surface area contributed by atoms with Crippen LogP contribution in [0, 0.1) is 0 Å². The van der Waals surface area contributed by atoms with Crippen LogP contribution < -0.4 is 4.74 Å². The van der Waals surface area contributed by atoms with Crippen LogP contribution in [0.1, 0.15) is 22.3 Å². The third kappa shape index (κ3) is 3.35. The summed E-state index contributed by atoms with van der Waals surface area (Å²) in [7, 11) is 0. The Labute approximate surface area is 99.7 Å². The van der Waals surface area contributed by atoms with Crippen LogP contribution in [0.5, 0.6) is 5.75 Å². The van der Waals surface area contributed by atoms with E-state index in [1.807, 2.05) is 0 Å². The molecule has 9 heteroatoms. The number of aldehydes is 1. The van der Waals surface area contributed by atoms with E-state index in [2.05, 4.69) is 25.7 Å². The largest absolute Gasteiger partial charge is 0.573 e. The molecule has 0 aromatic carbocycles. The summed E-state index contributed by atoms with van der Waals surface area (Å²) in [6.07, 6.45) is -7.79. The van der Waals surface area contributed by atoms with Gasteiger partial charge in [0.25, 0.3) is 6.43 Å². The second kappa shape index (κ2) is 4.94. The van der Waals surface area contributed by atoms with Crippen molar-refractivity contribution in [3.63, 3.8) is 0 Å². The highest BCUT2D eigenvalue weighted by Gasteiger charge is 2.34. The van der Waals surface area contributed by atoms with Gasteiger partial charge in [0.1, 0.15) is 4.60 Å². The molecule has 0 aliphatic rings. The fraction of sp³-hybridized carbons (Fsp3) is 0.250. The summed E-state index contributed by atoms with van der Waals surface area (Å²) >= 11 is 2.58. The molecule has 1 aromatic rings. The smallest absolute Gasteiger partial charge is 0.402 e. The van der Waals surface area contributed by atoms with E-state index in [4.69, 9.17) is 0 Å². The van der Waals surface area contributed by atoms with Crippen LogP contribution in [0.3, 0.4) is 0 Å². The van der Waals surface area contributed by atoms with Crippen LogP contribution in [-0.4, -0.2) is 17.6 Å². The normalized spacial score (nSPS) is 11.7. The van der Waals surface area contributed by atoms with Crippen molar-refractivity contribution in [1.29, 1.82) is 0 Å². The van der Waals surface area contributed by atoms with Crippen molar-refractivity contribution in [2.45, 2.75) is 12.8 Å². The number of hydrogen-bond acceptors (Lipinski definition) is 3. The van der Waals surface area contributed by atoms with Crippen molar-refractivity contribution in [2.75, 3.05) is 0 Å². The first-order valence-electron chi connectivity index (χ1n) is 3.93. The average Bonchev–Trinajstić information content (AvgIpc) is 2.18. The molecule has 0 aliphatic heterocycles. The van der Waals surface area contributed by atoms with E-state index in [0.29, 0.717) is 6.20 Å². The summed E-state index contributed by atoms with van der Waals surface area (Å²) in [5.74, 6) is -1.08. The minimum absolute atomic E-state index is 0.144. The molecular weight excluding hydrogens is 317 g/mol. The Morgan fingerprint density at radius 2 is 2.00 bits per heavy atom. The second-order valence-electron chi connectivity index (χ2n) is 2.71. The predicted molar refractivity (Wildman–Crippen MR) is 49.0 cm³/mol. The van der Waals surface area contributed by atoms with Gasteiger partial charge in [-0.05, 0) is 15.9 Å². The predicted octanol–water partition coefficient (Wildman–Crippen LogP) is 3.49. The van der Waals surface area contributed by atoms with Crippen LogP contribution >= 0.6 is 15.9 Å². The number of alkyl halides is 5. The number of nitrogens with zero attached hydrogens (tertiary/aromatic N) is 1.